The van der Waals surface area contributed by atoms with Gasteiger partial charge in [0.25, 0.3) is 5.91 Å². The highest BCUT2D eigenvalue weighted by atomic mass is 32.2. The van der Waals surface area contributed by atoms with Crippen LogP contribution in [0.3, 0.4) is 0 Å². The van der Waals surface area contributed by atoms with Crippen LogP contribution in [-0.4, -0.2) is 45.5 Å². The molecular formula is C28H30N4O2S. The zero-order valence-corrected chi connectivity index (χ0v) is 20.8. The predicted octanol–water partition coefficient (Wildman–Crippen LogP) is 6.17. The highest BCUT2D eigenvalue weighted by Gasteiger charge is 2.27. The minimum absolute atomic E-state index is 0.170. The average molecular weight is 487 g/mol. The first-order valence-electron chi connectivity index (χ1n) is 12.4. The van der Waals surface area contributed by atoms with Crippen LogP contribution in [0, 0.1) is 0 Å². The topological polar surface area (TPSA) is 59.7 Å². The molecule has 0 N–H and O–H groups in total. The molecular weight excluding hydrogens is 456 g/mol. The molecule has 2 aliphatic heterocycles. The molecule has 0 atom stereocenters. The molecule has 3 heterocycles. The maximum absolute atomic E-state index is 12.8. The van der Waals surface area contributed by atoms with Crippen molar-refractivity contribution in [1.29, 1.82) is 0 Å². The Labute approximate surface area is 210 Å². The van der Waals surface area contributed by atoms with Crippen molar-refractivity contribution in [2.24, 2.45) is 4.99 Å². The largest absolute Gasteiger partial charge is 0.494 e. The standard InChI is InChI=1S/C28H30N4O2S/c1-2-18-34-24-14-12-21(13-15-24)26-22(20-32(30-26)23-10-6-5-7-11-23)19-25-27(33)29-28(35-25)31-16-8-3-4-9-17-31/h5-7,10-15,19-20H,2-4,8-9,16-18H2,1H3. The van der Waals surface area contributed by atoms with Crippen LogP contribution in [0.2, 0.25) is 0 Å². The molecule has 35 heavy (non-hydrogen) atoms. The Morgan fingerprint density at radius 2 is 1.74 bits per heavy atom. The van der Waals surface area contributed by atoms with Gasteiger partial charge in [0.15, 0.2) is 5.17 Å². The lowest BCUT2D eigenvalue weighted by atomic mass is 10.1. The van der Waals surface area contributed by atoms with Gasteiger partial charge in [-0.3, -0.25) is 4.79 Å². The second-order valence-electron chi connectivity index (χ2n) is 8.80. The molecule has 6 nitrogen and oxygen atoms in total. The summed E-state index contributed by atoms with van der Waals surface area (Å²) >= 11 is 1.48. The van der Waals surface area contributed by atoms with Crippen molar-refractivity contribution >= 4 is 28.9 Å². The van der Waals surface area contributed by atoms with Gasteiger partial charge in [-0.2, -0.15) is 10.1 Å². The summed E-state index contributed by atoms with van der Waals surface area (Å²) in [5, 5.41) is 5.72. The number of amidine groups is 1. The zero-order valence-electron chi connectivity index (χ0n) is 20.0. The number of aliphatic imine (C=N–C) groups is 1. The number of para-hydroxylation sites is 1. The Hall–Kier alpha value is -3.32. The number of nitrogens with zero attached hydrogens (tertiary/aromatic N) is 4. The number of amides is 1. The Bertz CT molecular complexity index is 1220. The Morgan fingerprint density at radius 1 is 1.00 bits per heavy atom. The number of thioether (sulfide) groups is 1. The van der Waals surface area contributed by atoms with Crippen molar-refractivity contribution < 1.29 is 9.53 Å². The van der Waals surface area contributed by atoms with E-state index >= 15 is 0 Å². The van der Waals surface area contributed by atoms with Gasteiger partial charge >= 0.3 is 0 Å². The zero-order chi connectivity index (χ0) is 24.0. The summed E-state index contributed by atoms with van der Waals surface area (Å²) in [6.07, 6.45) is 9.68. The van der Waals surface area contributed by atoms with Gasteiger partial charge in [-0.05, 0) is 73.5 Å². The van der Waals surface area contributed by atoms with Crippen LogP contribution in [-0.2, 0) is 4.79 Å². The molecule has 180 valence electrons. The number of hydrogen-bond acceptors (Lipinski definition) is 5. The first-order valence-corrected chi connectivity index (χ1v) is 13.2. The number of ether oxygens (including phenoxy) is 1. The summed E-state index contributed by atoms with van der Waals surface area (Å²) in [5.74, 6) is 0.672. The van der Waals surface area contributed by atoms with Gasteiger partial charge in [-0.15, -0.1) is 0 Å². The Morgan fingerprint density at radius 3 is 2.46 bits per heavy atom. The Kier molecular flexibility index (Phi) is 7.33. The molecule has 0 saturated carbocycles. The van der Waals surface area contributed by atoms with E-state index in [9.17, 15) is 4.79 Å². The quantitative estimate of drug-likeness (QED) is 0.390. The summed E-state index contributed by atoms with van der Waals surface area (Å²) in [4.78, 5) is 20.1. The summed E-state index contributed by atoms with van der Waals surface area (Å²) in [7, 11) is 0. The number of benzene rings is 2. The van der Waals surface area contributed by atoms with E-state index in [2.05, 4.69) is 16.8 Å². The molecule has 0 aliphatic carbocycles. The molecule has 0 radical (unpaired) electrons. The van der Waals surface area contributed by atoms with Crippen LogP contribution in [0.4, 0.5) is 0 Å². The van der Waals surface area contributed by atoms with Gasteiger partial charge in [0.2, 0.25) is 0 Å². The normalized spacial score (nSPS) is 17.5. The second-order valence-corrected chi connectivity index (χ2v) is 9.81. The molecule has 0 unspecified atom stereocenters. The van der Waals surface area contributed by atoms with Gasteiger partial charge < -0.3 is 9.64 Å². The fourth-order valence-corrected chi connectivity index (χ4v) is 5.25. The summed E-state index contributed by atoms with van der Waals surface area (Å²) in [6.45, 7) is 4.72. The maximum Gasteiger partial charge on any atom is 0.286 e. The lowest BCUT2D eigenvalue weighted by Gasteiger charge is -2.20. The van der Waals surface area contributed by atoms with E-state index in [0.29, 0.717) is 11.5 Å². The predicted molar refractivity (Wildman–Crippen MR) is 143 cm³/mol. The first-order chi connectivity index (χ1) is 17.2. The molecule has 3 aromatic rings. The van der Waals surface area contributed by atoms with E-state index in [4.69, 9.17) is 9.84 Å². The van der Waals surface area contributed by atoms with Crippen LogP contribution in [0.5, 0.6) is 5.75 Å². The molecule has 1 aromatic heterocycles. The highest BCUT2D eigenvalue weighted by Crippen LogP contribution is 2.34. The minimum atomic E-state index is -0.170. The number of rotatable bonds is 6. The molecule has 1 amide bonds. The van der Waals surface area contributed by atoms with Gasteiger partial charge in [0.05, 0.1) is 22.9 Å². The molecule has 1 fully saturated rings. The van der Waals surface area contributed by atoms with Crippen molar-refractivity contribution in [3.05, 3.63) is 71.3 Å². The molecule has 7 heteroatoms. The van der Waals surface area contributed by atoms with Crippen molar-refractivity contribution in [1.82, 2.24) is 14.7 Å². The second kappa shape index (κ2) is 11.0. The van der Waals surface area contributed by atoms with Gasteiger partial charge in [-0.25, -0.2) is 4.68 Å². The van der Waals surface area contributed by atoms with Crippen molar-refractivity contribution in [3.63, 3.8) is 0 Å². The summed E-state index contributed by atoms with van der Waals surface area (Å²) in [6, 6.07) is 18.0. The third kappa shape index (κ3) is 5.51. The average Bonchev–Trinajstić information content (AvgIpc) is 3.36. The van der Waals surface area contributed by atoms with E-state index in [1.807, 2.05) is 71.6 Å². The minimum Gasteiger partial charge on any atom is -0.494 e. The Balaban J connectivity index is 1.46. The van der Waals surface area contributed by atoms with E-state index in [0.717, 1.165) is 65.8 Å². The third-order valence-electron chi connectivity index (χ3n) is 6.14. The van der Waals surface area contributed by atoms with Crippen LogP contribution >= 0.6 is 11.8 Å². The maximum atomic E-state index is 12.8. The SMILES string of the molecule is CCCOc1ccc(-c2nn(-c3ccccc3)cc2C=C2SC(N3CCCCCC3)=NC2=O)cc1. The first kappa shape index (κ1) is 23.4. The molecule has 5 rings (SSSR count). The van der Waals surface area contributed by atoms with Crippen molar-refractivity contribution in [2.45, 2.75) is 39.0 Å². The van der Waals surface area contributed by atoms with Crippen LogP contribution in [0.1, 0.15) is 44.6 Å². The summed E-state index contributed by atoms with van der Waals surface area (Å²) in [5.41, 5.74) is 3.65. The molecule has 2 aromatic carbocycles. The third-order valence-corrected chi connectivity index (χ3v) is 7.18. The van der Waals surface area contributed by atoms with Crippen molar-refractivity contribution in [3.8, 4) is 22.7 Å². The highest BCUT2D eigenvalue weighted by molar-refractivity contribution is 8.18. The monoisotopic (exact) mass is 486 g/mol. The molecule has 2 aliphatic rings. The van der Waals surface area contributed by atoms with Gasteiger partial charge in [0, 0.05) is 30.4 Å². The smallest absolute Gasteiger partial charge is 0.286 e. The van der Waals surface area contributed by atoms with E-state index in [1.54, 1.807) is 0 Å². The molecule has 0 spiro atoms. The molecule has 1 saturated heterocycles. The van der Waals surface area contributed by atoms with E-state index < -0.39 is 0 Å². The van der Waals surface area contributed by atoms with Gasteiger partial charge in [-0.1, -0.05) is 38.0 Å². The van der Waals surface area contributed by atoms with Crippen LogP contribution in [0.25, 0.3) is 23.0 Å². The van der Waals surface area contributed by atoms with Crippen LogP contribution < -0.4 is 4.74 Å². The lowest BCUT2D eigenvalue weighted by Crippen LogP contribution is -2.28. The number of carbonyl (C=O) groups excluding carboxylic acids is 1. The van der Waals surface area contributed by atoms with Gasteiger partial charge in [0.1, 0.15) is 5.75 Å². The fourth-order valence-electron chi connectivity index (χ4n) is 4.30. The van der Waals surface area contributed by atoms with E-state index in [-0.39, 0.29) is 5.91 Å². The lowest BCUT2D eigenvalue weighted by molar-refractivity contribution is -0.113. The molecule has 0 bridgehead atoms. The number of likely N-dealkylation sites (tertiary alicyclic amines) is 1. The number of hydrogen-bond donors (Lipinski definition) is 0. The van der Waals surface area contributed by atoms with Crippen LogP contribution in [0.15, 0.2) is 70.7 Å². The number of aromatic nitrogens is 2. The number of carbonyl (C=O) groups is 1. The van der Waals surface area contributed by atoms with E-state index in [1.165, 1.54) is 24.6 Å². The fraction of sp³-hybridized carbons (Fsp3) is 0.321. The van der Waals surface area contributed by atoms with Crippen molar-refractivity contribution in [2.75, 3.05) is 19.7 Å². The summed E-state index contributed by atoms with van der Waals surface area (Å²) < 4.78 is 7.61.